The predicted octanol–water partition coefficient (Wildman–Crippen LogP) is 8.21. The van der Waals surface area contributed by atoms with E-state index in [0.29, 0.717) is 27.8 Å². The van der Waals surface area contributed by atoms with E-state index in [1.165, 1.54) is 37.8 Å². The van der Waals surface area contributed by atoms with Crippen molar-refractivity contribution in [3.05, 3.63) is 80.1 Å². The largest absolute Gasteiger partial charge is 0.462 e. The number of rotatable bonds is 15. The Morgan fingerprint density at radius 2 is 1.64 bits per heavy atom. The summed E-state index contributed by atoms with van der Waals surface area (Å²) >= 11 is 3.40. The zero-order valence-corrected chi connectivity index (χ0v) is 24.7. The number of hydrogen-bond acceptors (Lipinski definition) is 6. The first-order chi connectivity index (χ1) is 18.9. The highest BCUT2D eigenvalue weighted by Crippen LogP contribution is 2.23. The third-order valence-corrected chi connectivity index (χ3v) is 7.40. The van der Waals surface area contributed by atoms with Crippen LogP contribution in [0, 0.1) is 0 Å². The summed E-state index contributed by atoms with van der Waals surface area (Å²) in [5.41, 5.74) is 2.03. The third-order valence-electron chi connectivity index (χ3n) is 6.74. The molecule has 6 nitrogen and oxygen atoms in total. The topological polar surface area (TPSA) is 76.8 Å². The number of allylic oxidation sites excluding steroid dienone is 1. The van der Waals surface area contributed by atoms with Crippen LogP contribution in [-0.2, 0) is 4.74 Å². The molecule has 7 heteroatoms. The Balaban J connectivity index is 1.61. The first kappa shape index (κ1) is 30.4. The number of carbonyl (C=O) groups excluding carboxylic acids is 2. The van der Waals surface area contributed by atoms with Crippen molar-refractivity contribution in [1.29, 1.82) is 0 Å². The molecule has 3 aromatic rings. The average molecular weight is 597 g/mol. The van der Waals surface area contributed by atoms with Crippen LogP contribution in [0.1, 0.15) is 92.0 Å². The summed E-state index contributed by atoms with van der Waals surface area (Å²) in [6.07, 6.45) is 10.8. The minimum Gasteiger partial charge on any atom is -0.462 e. The number of anilines is 1. The zero-order valence-electron chi connectivity index (χ0n) is 23.1. The van der Waals surface area contributed by atoms with Crippen molar-refractivity contribution in [3.8, 4) is 0 Å². The van der Waals surface area contributed by atoms with Gasteiger partial charge in [-0.05, 0) is 68.8 Å². The lowest BCUT2D eigenvalue weighted by atomic mass is 10.1. The van der Waals surface area contributed by atoms with E-state index in [0.717, 1.165) is 43.4 Å². The molecule has 0 amide bonds. The molecule has 1 aromatic heterocycles. The minimum absolute atomic E-state index is 0.285. The van der Waals surface area contributed by atoms with Gasteiger partial charge in [-0.25, -0.2) is 9.59 Å². The van der Waals surface area contributed by atoms with Gasteiger partial charge in [0.2, 0.25) is 0 Å². The molecule has 208 valence electrons. The van der Waals surface area contributed by atoms with E-state index in [2.05, 4.69) is 41.6 Å². The maximum atomic E-state index is 12.8. The number of ketones is 1. The molecule has 0 saturated heterocycles. The molecule has 0 radical (unpaired) electrons. The first-order valence-corrected chi connectivity index (χ1v) is 14.7. The Hall–Kier alpha value is -3.19. The molecule has 0 atom stereocenters. The van der Waals surface area contributed by atoms with E-state index in [4.69, 9.17) is 9.15 Å². The summed E-state index contributed by atoms with van der Waals surface area (Å²) in [6, 6.07) is 12.2. The number of carbonyl (C=O) groups is 2. The van der Waals surface area contributed by atoms with Crippen molar-refractivity contribution in [2.45, 2.75) is 65.7 Å². The Morgan fingerprint density at radius 1 is 0.923 bits per heavy atom. The SMILES string of the molecule is CCCCCCCCCOC(=O)c1ccc(C(=O)/C=C/c2cc3ccc(N(CC)CC)cc3oc2=O)c(Br)c1. The molecule has 3 rings (SSSR count). The van der Waals surface area contributed by atoms with Gasteiger partial charge in [0.25, 0.3) is 0 Å². The highest BCUT2D eigenvalue weighted by Gasteiger charge is 2.14. The highest BCUT2D eigenvalue weighted by molar-refractivity contribution is 9.10. The fourth-order valence-electron chi connectivity index (χ4n) is 4.42. The van der Waals surface area contributed by atoms with Gasteiger partial charge in [0, 0.05) is 40.3 Å². The van der Waals surface area contributed by atoms with Crippen LogP contribution in [0.4, 0.5) is 5.69 Å². The molecule has 0 bridgehead atoms. The minimum atomic E-state index is -0.513. The van der Waals surface area contributed by atoms with Crippen LogP contribution < -0.4 is 10.5 Å². The van der Waals surface area contributed by atoms with Gasteiger partial charge in [0.1, 0.15) is 5.58 Å². The molecular weight excluding hydrogens is 558 g/mol. The van der Waals surface area contributed by atoms with Crippen LogP contribution in [0.25, 0.3) is 17.0 Å². The maximum Gasteiger partial charge on any atom is 0.343 e. The standard InChI is InChI=1S/C32H38BrNO5/c1-4-7-8-9-10-11-12-19-38-31(36)25-14-17-27(28(33)21-25)29(35)18-15-24-20-23-13-16-26(34(5-2)6-3)22-30(23)39-32(24)37/h13-18,20-22H,4-12,19H2,1-3H3/b18-15+. The Kier molecular flexibility index (Phi) is 12.0. The van der Waals surface area contributed by atoms with Crippen molar-refractivity contribution < 1.29 is 18.7 Å². The molecule has 0 saturated carbocycles. The molecule has 0 unspecified atom stereocenters. The summed E-state index contributed by atoms with van der Waals surface area (Å²) < 4.78 is 11.4. The molecule has 0 spiro atoms. The lowest BCUT2D eigenvalue weighted by Gasteiger charge is -2.20. The number of unbranched alkanes of at least 4 members (excludes halogenated alkanes) is 6. The molecule has 1 heterocycles. The number of benzene rings is 2. The van der Waals surface area contributed by atoms with Crippen molar-refractivity contribution in [2.75, 3.05) is 24.6 Å². The van der Waals surface area contributed by atoms with Crippen molar-refractivity contribution in [3.63, 3.8) is 0 Å². The molecule has 0 N–H and O–H groups in total. The molecule has 0 fully saturated rings. The lowest BCUT2D eigenvalue weighted by molar-refractivity contribution is 0.0497. The predicted molar refractivity (Wildman–Crippen MR) is 162 cm³/mol. The number of esters is 1. The van der Waals surface area contributed by atoms with Crippen LogP contribution in [-0.4, -0.2) is 31.4 Å². The van der Waals surface area contributed by atoms with Crippen molar-refractivity contribution in [1.82, 2.24) is 0 Å². The molecule has 0 aliphatic carbocycles. The number of fused-ring (bicyclic) bond motifs is 1. The summed E-state index contributed by atoms with van der Waals surface area (Å²) in [7, 11) is 0. The molecule has 0 aliphatic rings. The van der Waals surface area contributed by atoms with Crippen LogP contribution in [0.15, 0.2) is 62.2 Å². The van der Waals surface area contributed by atoms with Gasteiger partial charge in [-0.1, -0.05) is 61.4 Å². The number of halogens is 1. The summed E-state index contributed by atoms with van der Waals surface area (Å²) in [4.78, 5) is 40.0. The second kappa shape index (κ2) is 15.4. The van der Waals surface area contributed by atoms with Gasteiger partial charge in [-0.15, -0.1) is 0 Å². The highest BCUT2D eigenvalue weighted by atomic mass is 79.9. The van der Waals surface area contributed by atoms with E-state index in [9.17, 15) is 14.4 Å². The molecule has 2 aromatic carbocycles. The van der Waals surface area contributed by atoms with E-state index in [1.807, 2.05) is 18.2 Å². The Labute approximate surface area is 239 Å². The lowest BCUT2D eigenvalue weighted by Crippen LogP contribution is -2.21. The molecule has 39 heavy (non-hydrogen) atoms. The van der Waals surface area contributed by atoms with Gasteiger partial charge in [-0.3, -0.25) is 4.79 Å². The summed E-state index contributed by atoms with van der Waals surface area (Å²) in [5.74, 6) is -0.713. The van der Waals surface area contributed by atoms with E-state index in [1.54, 1.807) is 24.3 Å². The van der Waals surface area contributed by atoms with Gasteiger partial charge in [-0.2, -0.15) is 0 Å². The van der Waals surface area contributed by atoms with E-state index >= 15 is 0 Å². The second-order valence-corrected chi connectivity index (χ2v) is 10.4. The number of hydrogen-bond donors (Lipinski definition) is 0. The van der Waals surface area contributed by atoms with Crippen molar-refractivity contribution >= 4 is 50.4 Å². The Bertz CT molecular complexity index is 1360. The summed E-state index contributed by atoms with van der Waals surface area (Å²) in [5, 5.41) is 0.776. The first-order valence-electron chi connectivity index (χ1n) is 13.9. The van der Waals surface area contributed by atoms with Crippen LogP contribution in [0.5, 0.6) is 0 Å². The van der Waals surface area contributed by atoms with Crippen LogP contribution >= 0.6 is 15.9 Å². The number of nitrogens with zero attached hydrogens (tertiary/aromatic N) is 1. The average Bonchev–Trinajstić information content (AvgIpc) is 2.93. The van der Waals surface area contributed by atoms with E-state index < -0.39 is 11.6 Å². The fourth-order valence-corrected chi connectivity index (χ4v) is 5.00. The molecular formula is C32H38BrNO5. The number of ether oxygens (including phenoxy) is 1. The Morgan fingerprint density at radius 3 is 2.33 bits per heavy atom. The molecule has 0 aliphatic heterocycles. The monoisotopic (exact) mass is 595 g/mol. The van der Waals surface area contributed by atoms with Gasteiger partial charge >= 0.3 is 11.6 Å². The van der Waals surface area contributed by atoms with Gasteiger partial charge < -0.3 is 14.1 Å². The smallest absolute Gasteiger partial charge is 0.343 e. The van der Waals surface area contributed by atoms with Crippen LogP contribution in [0.3, 0.4) is 0 Å². The zero-order chi connectivity index (χ0) is 28.2. The third kappa shape index (κ3) is 8.65. The fraction of sp³-hybridized carbons (Fsp3) is 0.406. The van der Waals surface area contributed by atoms with E-state index in [-0.39, 0.29) is 11.3 Å². The summed E-state index contributed by atoms with van der Waals surface area (Å²) in [6.45, 7) is 8.44. The maximum absolute atomic E-state index is 12.8. The second-order valence-electron chi connectivity index (χ2n) is 9.53. The normalized spacial score (nSPS) is 11.3. The van der Waals surface area contributed by atoms with Crippen molar-refractivity contribution in [2.24, 2.45) is 0 Å². The van der Waals surface area contributed by atoms with Gasteiger partial charge in [0.05, 0.1) is 17.7 Å². The van der Waals surface area contributed by atoms with Gasteiger partial charge in [0.15, 0.2) is 5.78 Å². The quantitative estimate of drug-likeness (QED) is 0.0579. The van der Waals surface area contributed by atoms with Crippen LogP contribution in [0.2, 0.25) is 0 Å².